The van der Waals surface area contributed by atoms with Crippen molar-refractivity contribution in [1.82, 2.24) is 18.3 Å². The van der Waals surface area contributed by atoms with Gasteiger partial charge >= 0.3 is 0 Å². The molecule has 0 N–H and O–H groups in total. The first-order valence-electron chi connectivity index (χ1n) is 43.9. The van der Waals surface area contributed by atoms with Gasteiger partial charge in [0.05, 0.1) is 55.0 Å². The van der Waals surface area contributed by atoms with Gasteiger partial charge in [-0.3, -0.25) is 0 Å². The molecule has 4 aromatic heterocycles. The van der Waals surface area contributed by atoms with Crippen LogP contribution in [0.15, 0.2) is 522 Å². The van der Waals surface area contributed by atoms with E-state index in [9.17, 15) is 0 Å². The van der Waals surface area contributed by atoms with Crippen LogP contribution in [0.2, 0.25) is 0 Å². The molecule has 0 atom stereocenters. The SMILES string of the molecule is c1ccc(-c2cc(-n3c4ccccc4c4cc(-n5c6ccccc6c6ccccc65)ccc43)cc(C(c3ccccc3)(c3ccccc3)c3ccccc3)c2)cc1.c1ccc(C(c2ccccc2)(c2ccccc2)c2cc(-n3c4ccccc4c4cc(-n5c6ccccc6c6ccccc65)ccc43)cc([Si](c3ccccc3)(c3ccccc3)c3ccccc3)c2)cc1. The van der Waals surface area contributed by atoms with E-state index >= 15 is 0 Å². The standard InChI is InChI=1S/C67H48N2Si.C55H38N2/c1-7-25-49(26-8-1)67(50-27-9-2-10-28-50,51-29-11-3-12-30-51)52-45-54(47-58(46-52)70(55-31-13-4-14-32-55,56-33-15-5-16-34-56)57-35-17-6-18-36-57)69-65-42-24-21-39-61(65)62-48-53(43-44-66(62)69)68-63-40-22-19-37-59(63)60-38-20-23-41-64(60)68;1-5-19-39(20-6-1)40-35-44(55(41-21-7-2-8-22-41,42-23-9-3-10-24-42)43-25-11-4-12-26-43)37-46(36-40)57-53-32-18-15-29-49(53)50-38-45(33-34-54(50)57)56-51-30-16-13-27-47(51)48-28-14-17-31-52(48)56/h1-48H;1-38H. The summed E-state index contributed by atoms with van der Waals surface area (Å²) in [6, 6.07) is 193. The van der Waals surface area contributed by atoms with E-state index in [2.05, 4.69) is 540 Å². The number of nitrogens with zero attached hydrogens (tertiary/aromatic N) is 4. The molecule has 20 aromatic carbocycles. The number of hydrogen-bond donors (Lipinski definition) is 0. The van der Waals surface area contributed by atoms with Gasteiger partial charge in [0.1, 0.15) is 0 Å². The Morgan fingerprint density at radius 3 is 0.661 bits per heavy atom. The third kappa shape index (κ3) is 12.5. The average Bonchev–Trinajstić information content (AvgIpc) is 1.48. The molecular weight excluding hydrogens is 1550 g/mol. The first-order valence-corrected chi connectivity index (χ1v) is 45.9. The molecule has 24 aromatic rings. The van der Waals surface area contributed by atoms with Crippen LogP contribution in [0.1, 0.15) is 44.5 Å². The number of aromatic nitrogens is 4. The highest BCUT2D eigenvalue weighted by Crippen LogP contribution is 2.50. The Bertz CT molecular complexity index is 7610. The molecule has 0 bridgehead atoms. The minimum Gasteiger partial charge on any atom is -0.309 e. The van der Waals surface area contributed by atoms with Gasteiger partial charge in [0, 0.05) is 65.8 Å². The van der Waals surface area contributed by atoms with Crippen LogP contribution in [-0.2, 0) is 10.8 Å². The van der Waals surface area contributed by atoms with Crippen molar-refractivity contribution in [2.45, 2.75) is 10.8 Å². The summed E-state index contributed by atoms with van der Waals surface area (Å²) in [5.74, 6) is 0. The van der Waals surface area contributed by atoms with Gasteiger partial charge in [0.25, 0.3) is 0 Å². The number of hydrogen-bond acceptors (Lipinski definition) is 0. The van der Waals surface area contributed by atoms with Crippen LogP contribution >= 0.6 is 0 Å². The smallest absolute Gasteiger partial charge is 0.179 e. The van der Waals surface area contributed by atoms with E-state index in [0.29, 0.717) is 0 Å². The molecule has 0 amide bonds. The number of benzene rings is 20. The molecule has 4 heterocycles. The summed E-state index contributed by atoms with van der Waals surface area (Å²) in [7, 11) is -3.11. The quantitative estimate of drug-likeness (QED) is 0.0640. The molecule has 4 nitrogen and oxygen atoms in total. The van der Waals surface area contributed by atoms with Crippen molar-refractivity contribution in [2.75, 3.05) is 0 Å². The van der Waals surface area contributed by atoms with Crippen molar-refractivity contribution in [1.29, 1.82) is 0 Å². The summed E-state index contributed by atoms with van der Waals surface area (Å²) >= 11 is 0. The second-order valence-corrected chi connectivity index (χ2v) is 37.1. The van der Waals surface area contributed by atoms with E-state index in [1.54, 1.807) is 0 Å². The Kier molecular flexibility index (Phi) is 19.0. The first-order chi connectivity index (χ1) is 63.0. The van der Waals surface area contributed by atoms with Gasteiger partial charge in [-0.15, -0.1) is 0 Å². The lowest BCUT2D eigenvalue weighted by atomic mass is 9.64. The maximum Gasteiger partial charge on any atom is 0.179 e. The van der Waals surface area contributed by atoms with Crippen molar-refractivity contribution < 1.29 is 0 Å². The average molecular weight is 1640 g/mol. The van der Waals surface area contributed by atoms with Gasteiger partial charge in [-0.2, -0.15) is 0 Å². The third-order valence-electron chi connectivity index (χ3n) is 26.6. The summed E-state index contributed by atoms with van der Waals surface area (Å²) in [6.45, 7) is 0. The molecule has 598 valence electrons. The molecule has 0 aliphatic carbocycles. The molecule has 0 aliphatic heterocycles. The number of fused-ring (bicyclic) bond motifs is 12. The molecule has 5 heteroatoms. The van der Waals surface area contributed by atoms with Crippen LogP contribution in [0.4, 0.5) is 0 Å². The highest BCUT2D eigenvalue weighted by Gasteiger charge is 2.46. The molecular formula is C122H86N4Si. The molecule has 0 aliphatic rings. The highest BCUT2D eigenvalue weighted by molar-refractivity contribution is 7.20. The second-order valence-electron chi connectivity index (χ2n) is 33.3. The van der Waals surface area contributed by atoms with Gasteiger partial charge in [0.15, 0.2) is 8.07 Å². The molecule has 0 radical (unpaired) electrons. The lowest BCUT2D eigenvalue weighted by Crippen LogP contribution is -2.74. The molecule has 0 saturated carbocycles. The molecule has 0 saturated heterocycles. The molecule has 0 fully saturated rings. The summed E-state index contributed by atoms with van der Waals surface area (Å²) in [5, 5.41) is 15.2. The predicted octanol–water partition coefficient (Wildman–Crippen LogP) is 27.6. The Hall–Kier alpha value is -16.2. The van der Waals surface area contributed by atoms with Gasteiger partial charge in [-0.05, 0) is 180 Å². The maximum atomic E-state index is 2.59. The van der Waals surface area contributed by atoms with Gasteiger partial charge < -0.3 is 18.3 Å². The molecule has 0 spiro atoms. The molecule has 0 unspecified atom stereocenters. The zero-order chi connectivity index (χ0) is 84.3. The van der Waals surface area contributed by atoms with Gasteiger partial charge in [-0.1, -0.05) is 419 Å². The largest absolute Gasteiger partial charge is 0.309 e. The van der Waals surface area contributed by atoms with Crippen molar-refractivity contribution in [3.63, 3.8) is 0 Å². The van der Waals surface area contributed by atoms with Crippen molar-refractivity contribution in [2.24, 2.45) is 0 Å². The van der Waals surface area contributed by atoms with E-state index in [1.807, 2.05) is 0 Å². The van der Waals surface area contributed by atoms with Crippen molar-refractivity contribution in [3.8, 4) is 33.9 Å². The topological polar surface area (TPSA) is 19.7 Å². The zero-order valence-corrected chi connectivity index (χ0v) is 70.9. The van der Waals surface area contributed by atoms with Crippen LogP contribution in [0.25, 0.3) is 121 Å². The fourth-order valence-corrected chi connectivity index (χ4v) is 26.1. The van der Waals surface area contributed by atoms with Crippen LogP contribution in [-0.4, -0.2) is 26.3 Å². The fourth-order valence-electron chi connectivity index (χ4n) is 21.3. The summed E-state index contributed by atoms with van der Waals surface area (Å²) in [5.41, 5.74) is 24.7. The maximum absolute atomic E-state index is 3.11. The van der Waals surface area contributed by atoms with Gasteiger partial charge in [0.2, 0.25) is 0 Å². The van der Waals surface area contributed by atoms with E-state index in [-0.39, 0.29) is 0 Å². The van der Waals surface area contributed by atoms with Crippen LogP contribution in [0.5, 0.6) is 0 Å². The lowest BCUT2D eigenvalue weighted by molar-refractivity contribution is 0.744. The monoisotopic (exact) mass is 1630 g/mol. The fraction of sp³-hybridized carbons (Fsp3) is 0.0164. The number of rotatable bonds is 17. The van der Waals surface area contributed by atoms with E-state index in [0.717, 1.165) is 33.8 Å². The lowest BCUT2D eigenvalue weighted by Gasteiger charge is -2.40. The minimum absolute atomic E-state index is 0.605. The summed E-state index contributed by atoms with van der Waals surface area (Å²) < 4.78 is 9.86. The Morgan fingerprint density at radius 1 is 0.134 bits per heavy atom. The Morgan fingerprint density at radius 2 is 0.362 bits per heavy atom. The van der Waals surface area contributed by atoms with E-state index in [4.69, 9.17) is 0 Å². The third-order valence-corrected chi connectivity index (χ3v) is 31.4. The van der Waals surface area contributed by atoms with Crippen LogP contribution in [0, 0.1) is 0 Å². The molecule has 24 rings (SSSR count). The summed E-state index contributed by atoms with van der Waals surface area (Å²) in [6.07, 6.45) is 0. The summed E-state index contributed by atoms with van der Waals surface area (Å²) in [4.78, 5) is 0. The van der Waals surface area contributed by atoms with Crippen molar-refractivity contribution in [3.05, 3.63) is 566 Å². The Labute approximate surface area is 740 Å². The highest BCUT2D eigenvalue weighted by atomic mass is 28.3. The Balaban J connectivity index is 0.000000149. The van der Waals surface area contributed by atoms with Crippen molar-refractivity contribution >= 4 is 116 Å². The van der Waals surface area contributed by atoms with E-state index < -0.39 is 18.9 Å². The zero-order valence-electron chi connectivity index (χ0n) is 69.9. The van der Waals surface area contributed by atoms with E-state index in [1.165, 1.54) is 153 Å². The first kappa shape index (κ1) is 75.8. The number of para-hydroxylation sites is 6. The minimum atomic E-state index is -3.11. The molecule has 127 heavy (non-hydrogen) atoms. The van der Waals surface area contributed by atoms with Crippen LogP contribution < -0.4 is 20.7 Å². The van der Waals surface area contributed by atoms with Gasteiger partial charge in [-0.25, -0.2) is 0 Å². The normalized spacial score (nSPS) is 11.9. The second kappa shape index (κ2) is 31.9. The van der Waals surface area contributed by atoms with Crippen LogP contribution in [0.3, 0.4) is 0 Å². The predicted molar refractivity (Wildman–Crippen MR) is 536 cm³/mol.